The Bertz CT molecular complexity index is 602. The predicted molar refractivity (Wildman–Crippen MR) is 83.3 cm³/mol. The number of rotatable bonds is 3. The van der Waals surface area contributed by atoms with Crippen molar-refractivity contribution in [2.24, 2.45) is 5.92 Å². The molecule has 0 unspecified atom stereocenters. The number of hydrogen-bond donors (Lipinski definition) is 1. The van der Waals surface area contributed by atoms with E-state index in [0.29, 0.717) is 0 Å². The van der Waals surface area contributed by atoms with Gasteiger partial charge in [-0.25, -0.2) is 9.97 Å². The Kier molecular flexibility index (Phi) is 3.65. The van der Waals surface area contributed by atoms with E-state index in [1.807, 2.05) is 7.05 Å². The molecule has 1 saturated carbocycles. The van der Waals surface area contributed by atoms with E-state index in [1.165, 1.54) is 12.8 Å². The number of thiophene rings is 1. The Morgan fingerprint density at radius 1 is 1.35 bits per heavy atom. The smallest absolute Gasteiger partial charge is 0.164 e. The van der Waals surface area contributed by atoms with Crippen LogP contribution in [0.15, 0.2) is 11.4 Å². The van der Waals surface area contributed by atoms with Gasteiger partial charge in [0.2, 0.25) is 0 Å². The number of nitrogens with zero attached hydrogens (tertiary/aromatic N) is 2. The molecule has 1 fully saturated rings. The maximum Gasteiger partial charge on any atom is 0.164 e. The van der Waals surface area contributed by atoms with Crippen LogP contribution >= 0.6 is 11.3 Å². The molecule has 2 heterocycles. The Balaban J connectivity index is 2.07. The highest BCUT2D eigenvalue weighted by Gasteiger charge is 2.39. The van der Waals surface area contributed by atoms with Crippen molar-refractivity contribution in [2.45, 2.75) is 38.2 Å². The van der Waals surface area contributed by atoms with E-state index in [9.17, 15) is 0 Å². The first kappa shape index (κ1) is 13.8. The second kappa shape index (κ2) is 5.30. The van der Waals surface area contributed by atoms with E-state index in [2.05, 4.69) is 23.7 Å². The van der Waals surface area contributed by atoms with Crippen LogP contribution in [0.1, 0.15) is 38.4 Å². The summed E-state index contributed by atoms with van der Waals surface area (Å²) >= 11 is 1.66. The molecule has 4 nitrogen and oxygen atoms in total. The zero-order chi connectivity index (χ0) is 14.2. The summed E-state index contributed by atoms with van der Waals surface area (Å²) in [6.07, 6.45) is 4.36. The van der Waals surface area contributed by atoms with Gasteiger partial charge in [0.05, 0.1) is 5.39 Å². The number of aromatic nitrogens is 2. The minimum atomic E-state index is -0.309. The standard InChI is InChI=1S/C15H21N3OS/c1-10-4-7-15(19-3,8-5-10)14-17-12(16-2)11-6-9-20-13(11)18-14/h6,9-10H,4-5,7-8H2,1-3H3,(H,16,17,18). The summed E-state index contributed by atoms with van der Waals surface area (Å²) in [6.45, 7) is 2.31. The lowest BCUT2D eigenvalue weighted by Crippen LogP contribution is -2.35. The van der Waals surface area contributed by atoms with E-state index in [0.717, 1.165) is 40.6 Å². The van der Waals surface area contributed by atoms with Crippen LogP contribution in [-0.4, -0.2) is 24.1 Å². The van der Waals surface area contributed by atoms with Gasteiger partial charge in [-0.05, 0) is 43.0 Å². The molecule has 2 aromatic heterocycles. The van der Waals surface area contributed by atoms with Crippen LogP contribution in [0.4, 0.5) is 5.82 Å². The number of anilines is 1. The molecule has 0 spiro atoms. The van der Waals surface area contributed by atoms with Crippen LogP contribution in [0.2, 0.25) is 0 Å². The van der Waals surface area contributed by atoms with Crippen molar-refractivity contribution in [1.29, 1.82) is 0 Å². The second-order valence-corrected chi connectivity index (χ2v) is 6.56. The molecule has 1 aliphatic carbocycles. The lowest BCUT2D eigenvalue weighted by molar-refractivity contribution is -0.0593. The molecule has 0 aliphatic heterocycles. The minimum Gasteiger partial charge on any atom is -0.372 e. The first-order valence-corrected chi connectivity index (χ1v) is 8.05. The zero-order valence-corrected chi connectivity index (χ0v) is 13.1. The van der Waals surface area contributed by atoms with E-state index in [1.54, 1.807) is 18.4 Å². The first-order valence-electron chi connectivity index (χ1n) is 7.17. The SMILES string of the molecule is CNc1nc(C2(OC)CCC(C)CC2)nc2sccc12. The number of ether oxygens (including phenoxy) is 1. The van der Waals surface area contributed by atoms with Crippen LogP contribution in [0, 0.1) is 5.92 Å². The molecule has 3 rings (SSSR count). The summed E-state index contributed by atoms with van der Waals surface area (Å²) < 4.78 is 5.89. The van der Waals surface area contributed by atoms with Gasteiger partial charge in [0.15, 0.2) is 5.82 Å². The Morgan fingerprint density at radius 3 is 2.75 bits per heavy atom. The molecular formula is C15H21N3OS. The Labute approximate surface area is 123 Å². The number of fused-ring (bicyclic) bond motifs is 1. The van der Waals surface area contributed by atoms with Gasteiger partial charge in [-0.15, -0.1) is 11.3 Å². The van der Waals surface area contributed by atoms with Crippen LogP contribution in [-0.2, 0) is 10.3 Å². The van der Waals surface area contributed by atoms with Crippen molar-refractivity contribution in [2.75, 3.05) is 19.5 Å². The molecule has 1 aliphatic rings. The Morgan fingerprint density at radius 2 is 2.10 bits per heavy atom. The summed E-state index contributed by atoms with van der Waals surface area (Å²) in [7, 11) is 3.70. The minimum absolute atomic E-state index is 0.309. The number of methoxy groups -OCH3 is 1. The average molecular weight is 291 g/mol. The highest BCUT2D eigenvalue weighted by atomic mass is 32.1. The van der Waals surface area contributed by atoms with E-state index in [-0.39, 0.29) is 5.60 Å². The summed E-state index contributed by atoms with van der Waals surface area (Å²) in [6, 6.07) is 2.07. The van der Waals surface area contributed by atoms with Crippen molar-refractivity contribution >= 4 is 27.4 Å². The summed E-state index contributed by atoms with van der Waals surface area (Å²) in [5.41, 5.74) is -0.309. The largest absolute Gasteiger partial charge is 0.372 e. The fourth-order valence-electron chi connectivity index (χ4n) is 3.00. The van der Waals surface area contributed by atoms with Crippen molar-refractivity contribution in [3.63, 3.8) is 0 Å². The summed E-state index contributed by atoms with van der Waals surface area (Å²) in [5, 5.41) is 6.34. The van der Waals surface area contributed by atoms with Gasteiger partial charge in [-0.3, -0.25) is 0 Å². The maximum absolute atomic E-state index is 5.89. The van der Waals surface area contributed by atoms with E-state index >= 15 is 0 Å². The number of nitrogens with one attached hydrogen (secondary N) is 1. The molecular weight excluding hydrogens is 270 g/mol. The molecule has 5 heteroatoms. The van der Waals surface area contributed by atoms with Gasteiger partial charge in [0.1, 0.15) is 16.2 Å². The lowest BCUT2D eigenvalue weighted by Gasteiger charge is -2.37. The molecule has 1 N–H and O–H groups in total. The van der Waals surface area contributed by atoms with Gasteiger partial charge < -0.3 is 10.1 Å². The van der Waals surface area contributed by atoms with E-state index in [4.69, 9.17) is 14.7 Å². The first-order chi connectivity index (χ1) is 9.68. The van der Waals surface area contributed by atoms with Crippen molar-refractivity contribution in [1.82, 2.24) is 9.97 Å². The monoisotopic (exact) mass is 291 g/mol. The van der Waals surface area contributed by atoms with Crippen LogP contribution in [0.5, 0.6) is 0 Å². The molecule has 20 heavy (non-hydrogen) atoms. The normalized spacial score (nSPS) is 26.9. The van der Waals surface area contributed by atoms with Crippen LogP contribution in [0.25, 0.3) is 10.2 Å². The highest BCUT2D eigenvalue weighted by Crippen LogP contribution is 2.41. The number of hydrogen-bond acceptors (Lipinski definition) is 5. The fraction of sp³-hybridized carbons (Fsp3) is 0.600. The third-order valence-electron chi connectivity index (χ3n) is 4.44. The van der Waals surface area contributed by atoms with E-state index < -0.39 is 0 Å². The lowest BCUT2D eigenvalue weighted by atomic mass is 9.79. The van der Waals surface area contributed by atoms with Gasteiger partial charge in [0, 0.05) is 14.2 Å². The molecule has 2 aromatic rings. The highest BCUT2D eigenvalue weighted by molar-refractivity contribution is 7.16. The van der Waals surface area contributed by atoms with Gasteiger partial charge in [0.25, 0.3) is 0 Å². The fourth-order valence-corrected chi connectivity index (χ4v) is 3.76. The van der Waals surface area contributed by atoms with Crippen molar-refractivity contribution < 1.29 is 4.74 Å². The molecule has 0 radical (unpaired) electrons. The summed E-state index contributed by atoms with van der Waals surface area (Å²) in [5.74, 6) is 2.51. The maximum atomic E-state index is 5.89. The molecule has 0 amide bonds. The van der Waals surface area contributed by atoms with Crippen molar-refractivity contribution in [3.05, 3.63) is 17.3 Å². The van der Waals surface area contributed by atoms with Gasteiger partial charge in [-0.2, -0.15) is 0 Å². The molecule has 0 saturated heterocycles. The third-order valence-corrected chi connectivity index (χ3v) is 5.25. The van der Waals surface area contributed by atoms with Crippen molar-refractivity contribution in [3.8, 4) is 0 Å². The zero-order valence-electron chi connectivity index (χ0n) is 12.3. The summed E-state index contributed by atoms with van der Waals surface area (Å²) in [4.78, 5) is 10.6. The quantitative estimate of drug-likeness (QED) is 0.934. The second-order valence-electron chi connectivity index (χ2n) is 5.67. The molecule has 0 aromatic carbocycles. The molecule has 108 valence electrons. The average Bonchev–Trinajstić information content (AvgIpc) is 2.96. The van der Waals surface area contributed by atoms with Gasteiger partial charge >= 0.3 is 0 Å². The molecule has 0 bridgehead atoms. The predicted octanol–water partition coefficient (Wildman–Crippen LogP) is 3.78. The van der Waals surface area contributed by atoms with Gasteiger partial charge in [-0.1, -0.05) is 6.92 Å². The topological polar surface area (TPSA) is 47.0 Å². The van der Waals surface area contributed by atoms with Crippen LogP contribution < -0.4 is 5.32 Å². The Hall–Kier alpha value is -1.20. The molecule has 0 atom stereocenters. The third kappa shape index (κ3) is 2.19. The van der Waals surface area contributed by atoms with Crippen LogP contribution in [0.3, 0.4) is 0 Å².